The highest BCUT2D eigenvalue weighted by Gasteiger charge is 2.18. The zero-order valence-electron chi connectivity index (χ0n) is 26.6. The molecule has 8 aromatic carbocycles. The summed E-state index contributed by atoms with van der Waals surface area (Å²) in [5.74, 6) is 0.705. The second-order valence-electron chi connectivity index (χ2n) is 12.6. The van der Waals surface area contributed by atoms with Crippen LogP contribution in [-0.4, -0.2) is 14.5 Å². The number of benzene rings is 8. The van der Waals surface area contributed by atoms with Crippen LogP contribution in [0, 0.1) is 0 Å². The molecule has 3 heteroatoms. The number of para-hydroxylation sites is 2. The fourth-order valence-electron chi connectivity index (χ4n) is 7.55. The van der Waals surface area contributed by atoms with E-state index in [0.717, 1.165) is 33.8 Å². The Hall–Kier alpha value is -6.58. The molecule has 2 aromatic heterocycles. The second-order valence-corrected chi connectivity index (χ2v) is 12.6. The van der Waals surface area contributed by atoms with E-state index in [1.807, 2.05) is 6.07 Å². The molecule has 0 N–H and O–H groups in total. The van der Waals surface area contributed by atoms with Crippen LogP contribution < -0.4 is 0 Å². The van der Waals surface area contributed by atoms with Crippen molar-refractivity contribution >= 4 is 54.1 Å². The molecule has 0 atom stereocenters. The number of hydrogen-bond acceptors (Lipinski definition) is 2. The molecular weight excluding hydrogens is 595 g/mol. The Morgan fingerprint density at radius 1 is 0.367 bits per heavy atom. The topological polar surface area (TPSA) is 30.7 Å². The van der Waals surface area contributed by atoms with Crippen molar-refractivity contribution in [2.75, 3.05) is 0 Å². The van der Waals surface area contributed by atoms with Gasteiger partial charge in [-0.2, -0.15) is 0 Å². The molecule has 0 fully saturated rings. The highest BCUT2D eigenvalue weighted by molar-refractivity contribution is 6.21. The summed E-state index contributed by atoms with van der Waals surface area (Å²) in [5, 5.41) is 9.69. The summed E-state index contributed by atoms with van der Waals surface area (Å²) < 4.78 is 2.36. The fraction of sp³-hybridized carbons (Fsp3) is 0. The van der Waals surface area contributed by atoms with E-state index in [1.54, 1.807) is 0 Å². The summed E-state index contributed by atoms with van der Waals surface area (Å²) in [7, 11) is 0. The monoisotopic (exact) mass is 623 g/mol. The summed E-state index contributed by atoms with van der Waals surface area (Å²) in [6.45, 7) is 0. The number of nitrogens with zero attached hydrogens (tertiary/aromatic N) is 3. The van der Waals surface area contributed by atoms with Crippen LogP contribution in [-0.2, 0) is 0 Å². The smallest absolute Gasteiger partial charge is 0.160 e. The van der Waals surface area contributed by atoms with E-state index in [1.165, 1.54) is 54.1 Å². The van der Waals surface area contributed by atoms with Gasteiger partial charge in [-0.1, -0.05) is 140 Å². The minimum absolute atomic E-state index is 0.705. The van der Waals surface area contributed by atoms with Gasteiger partial charge in [-0.25, -0.2) is 9.97 Å². The maximum absolute atomic E-state index is 5.34. The summed E-state index contributed by atoms with van der Waals surface area (Å²) in [6, 6.07) is 62.6. The van der Waals surface area contributed by atoms with Gasteiger partial charge < -0.3 is 4.57 Å². The van der Waals surface area contributed by atoms with E-state index in [4.69, 9.17) is 9.97 Å². The van der Waals surface area contributed by atoms with Crippen LogP contribution >= 0.6 is 0 Å². The van der Waals surface area contributed by atoms with Gasteiger partial charge in [0, 0.05) is 33.2 Å². The minimum Gasteiger partial charge on any atom is -0.309 e. The minimum atomic E-state index is 0.705. The lowest BCUT2D eigenvalue weighted by Crippen LogP contribution is -1.98. The Balaban J connectivity index is 1.27. The van der Waals surface area contributed by atoms with Crippen LogP contribution in [0.4, 0.5) is 0 Å². The summed E-state index contributed by atoms with van der Waals surface area (Å²) >= 11 is 0. The van der Waals surface area contributed by atoms with Crippen molar-refractivity contribution < 1.29 is 0 Å². The molecule has 49 heavy (non-hydrogen) atoms. The number of aromatic nitrogens is 3. The Kier molecular flexibility index (Phi) is 6.18. The largest absolute Gasteiger partial charge is 0.309 e. The number of rotatable bonds is 4. The lowest BCUT2D eigenvalue weighted by Gasteiger charge is -2.16. The van der Waals surface area contributed by atoms with Crippen LogP contribution in [0.3, 0.4) is 0 Å². The van der Waals surface area contributed by atoms with Crippen LogP contribution in [0.15, 0.2) is 176 Å². The first-order chi connectivity index (χ1) is 24.3. The predicted octanol–water partition coefficient (Wildman–Crippen LogP) is 12.0. The first-order valence-electron chi connectivity index (χ1n) is 16.7. The maximum Gasteiger partial charge on any atom is 0.160 e. The molecule has 3 nitrogen and oxygen atoms in total. The molecule has 0 spiro atoms. The molecule has 228 valence electrons. The average Bonchev–Trinajstić information content (AvgIpc) is 3.51. The molecule has 2 heterocycles. The highest BCUT2D eigenvalue weighted by atomic mass is 15.0. The fourth-order valence-corrected chi connectivity index (χ4v) is 7.55. The van der Waals surface area contributed by atoms with E-state index in [2.05, 4.69) is 174 Å². The van der Waals surface area contributed by atoms with E-state index in [0.29, 0.717) is 5.82 Å². The van der Waals surface area contributed by atoms with E-state index in [-0.39, 0.29) is 0 Å². The molecule has 0 amide bonds. The number of fused-ring (bicyclic) bond motifs is 7. The van der Waals surface area contributed by atoms with Crippen LogP contribution in [0.1, 0.15) is 0 Å². The van der Waals surface area contributed by atoms with Gasteiger partial charge in [0.2, 0.25) is 0 Å². The van der Waals surface area contributed by atoms with Gasteiger partial charge in [-0.05, 0) is 68.7 Å². The molecule has 0 bridgehead atoms. The van der Waals surface area contributed by atoms with Gasteiger partial charge in [0.15, 0.2) is 5.82 Å². The van der Waals surface area contributed by atoms with Gasteiger partial charge in [-0.3, -0.25) is 0 Å². The standard InChI is InChI=1S/C46H29N3/c1-2-14-31(15-3-1)46-47-40(33-17-12-18-35(28-33)49-42-23-10-8-21-38(42)39-22-9-11-24-43(39)49)29-41(48-46)45-37-20-7-5-16-32(37)27-34-26-25-30-13-4-6-19-36(30)44(34)45/h1-29H. The van der Waals surface area contributed by atoms with Gasteiger partial charge in [-0.15, -0.1) is 0 Å². The van der Waals surface area contributed by atoms with Gasteiger partial charge in [0.05, 0.1) is 22.4 Å². The van der Waals surface area contributed by atoms with Gasteiger partial charge in [0.1, 0.15) is 0 Å². The Labute approximate surface area is 283 Å². The average molecular weight is 624 g/mol. The third-order valence-corrected chi connectivity index (χ3v) is 9.75. The van der Waals surface area contributed by atoms with Crippen molar-refractivity contribution in [2.24, 2.45) is 0 Å². The first kappa shape index (κ1) is 27.5. The normalized spacial score (nSPS) is 11.7. The summed E-state index contributed by atoms with van der Waals surface area (Å²) in [4.78, 5) is 10.6. The molecule has 0 aliphatic heterocycles. The molecule has 10 aromatic rings. The summed E-state index contributed by atoms with van der Waals surface area (Å²) in [5.41, 5.74) is 8.40. The third kappa shape index (κ3) is 4.44. The van der Waals surface area contributed by atoms with E-state index in [9.17, 15) is 0 Å². The quantitative estimate of drug-likeness (QED) is 0.144. The Morgan fingerprint density at radius 2 is 0.959 bits per heavy atom. The van der Waals surface area contributed by atoms with Gasteiger partial charge >= 0.3 is 0 Å². The Bertz CT molecular complexity index is 2830. The third-order valence-electron chi connectivity index (χ3n) is 9.75. The molecule has 0 radical (unpaired) electrons. The lowest BCUT2D eigenvalue weighted by molar-refractivity contribution is 1.17. The van der Waals surface area contributed by atoms with Crippen molar-refractivity contribution in [2.45, 2.75) is 0 Å². The van der Waals surface area contributed by atoms with E-state index >= 15 is 0 Å². The highest BCUT2D eigenvalue weighted by Crippen LogP contribution is 2.41. The molecule has 0 unspecified atom stereocenters. The van der Waals surface area contributed by atoms with E-state index < -0.39 is 0 Å². The first-order valence-corrected chi connectivity index (χ1v) is 16.7. The van der Waals surface area contributed by atoms with Crippen molar-refractivity contribution in [1.29, 1.82) is 0 Å². The molecular formula is C46H29N3. The molecule has 0 aliphatic carbocycles. The van der Waals surface area contributed by atoms with Gasteiger partial charge in [0.25, 0.3) is 0 Å². The zero-order chi connectivity index (χ0) is 32.3. The van der Waals surface area contributed by atoms with Crippen molar-refractivity contribution in [3.8, 4) is 39.6 Å². The zero-order valence-corrected chi connectivity index (χ0v) is 26.6. The predicted molar refractivity (Wildman–Crippen MR) is 205 cm³/mol. The van der Waals surface area contributed by atoms with Crippen LogP contribution in [0.5, 0.6) is 0 Å². The molecule has 0 aliphatic rings. The SMILES string of the molecule is c1ccc(-c2nc(-c3cccc(-n4c5ccccc5c5ccccc54)c3)cc(-c3c4ccccc4cc4ccc5ccccc5c34)n2)cc1. The molecule has 10 rings (SSSR count). The van der Waals surface area contributed by atoms with Crippen molar-refractivity contribution in [1.82, 2.24) is 14.5 Å². The van der Waals surface area contributed by atoms with Crippen molar-refractivity contribution in [3.63, 3.8) is 0 Å². The number of hydrogen-bond donors (Lipinski definition) is 0. The van der Waals surface area contributed by atoms with Crippen molar-refractivity contribution in [3.05, 3.63) is 176 Å². The molecule has 0 saturated heterocycles. The maximum atomic E-state index is 5.34. The summed E-state index contributed by atoms with van der Waals surface area (Å²) in [6.07, 6.45) is 0. The lowest BCUT2D eigenvalue weighted by atomic mass is 9.90. The Morgan fingerprint density at radius 3 is 1.73 bits per heavy atom. The van der Waals surface area contributed by atoms with Crippen LogP contribution in [0.2, 0.25) is 0 Å². The van der Waals surface area contributed by atoms with Crippen LogP contribution in [0.25, 0.3) is 93.7 Å². The molecule has 0 saturated carbocycles. The second kappa shape index (κ2) is 11.0.